The Kier molecular flexibility index (Phi) is 9.76. The summed E-state index contributed by atoms with van der Waals surface area (Å²) in [5, 5.41) is 36.0. The molecule has 11 nitrogen and oxygen atoms in total. The number of carbonyl (C=O) groups excluding carboxylic acids is 4. The number of phenolic OH excluding ortho intramolecular Hbond substituents is 3. The van der Waals surface area contributed by atoms with Crippen LogP contribution in [0.1, 0.15) is 18.1 Å². The lowest BCUT2D eigenvalue weighted by Gasteiger charge is -2.24. The Morgan fingerprint density at radius 1 is 0.800 bits per heavy atom. The Morgan fingerprint density at radius 3 is 1.89 bits per heavy atom. The first-order valence-electron chi connectivity index (χ1n) is 10.6. The number of primary amides is 1. The van der Waals surface area contributed by atoms with Crippen LogP contribution in [0.15, 0.2) is 42.5 Å². The Labute approximate surface area is 207 Å². The zero-order chi connectivity index (χ0) is 26.1. The summed E-state index contributed by atoms with van der Waals surface area (Å²) in [7, 11) is 0. The minimum atomic E-state index is -1.16. The second-order valence-electron chi connectivity index (χ2n) is 7.86. The highest BCUT2D eigenvalue weighted by atomic mass is 32.1. The number of aromatic hydroxyl groups is 3. The molecule has 2 aromatic rings. The van der Waals surface area contributed by atoms with Crippen LogP contribution in [-0.2, 0) is 32.0 Å². The molecule has 0 spiro atoms. The van der Waals surface area contributed by atoms with Gasteiger partial charge in [0.2, 0.25) is 23.6 Å². The largest absolute Gasteiger partial charge is 0.508 e. The molecule has 8 N–H and O–H groups in total. The minimum absolute atomic E-state index is 0.0368. The highest BCUT2D eigenvalue weighted by Gasteiger charge is 2.28. The van der Waals surface area contributed by atoms with Gasteiger partial charge in [-0.2, -0.15) is 12.6 Å². The van der Waals surface area contributed by atoms with Crippen molar-refractivity contribution in [3.8, 4) is 17.2 Å². The van der Waals surface area contributed by atoms with Gasteiger partial charge in [0.1, 0.15) is 23.9 Å². The Hall–Kier alpha value is -3.93. The maximum atomic E-state index is 12.9. The third-order valence-electron chi connectivity index (χ3n) is 5.03. The van der Waals surface area contributed by atoms with Crippen LogP contribution >= 0.6 is 12.6 Å². The normalized spacial score (nSPS) is 13.2. The van der Waals surface area contributed by atoms with E-state index in [9.17, 15) is 34.5 Å². The van der Waals surface area contributed by atoms with Crippen molar-refractivity contribution < 1.29 is 34.5 Å². The van der Waals surface area contributed by atoms with E-state index < -0.39 is 41.8 Å². The molecule has 2 rings (SSSR count). The predicted octanol–water partition coefficient (Wildman–Crippen LogP) is -0.522. The van der Waals surface area contributed by atoms with Gasteiger partial charge in [-0.3, -0.25) is 19.2 Å². The number of rotatable bonds is 11. The SMILES string of the molecule is CC(=O)N[C@@H](Cc1ccc(O)c(O)c1)C(=O)N[C@@H](CS)C(=O)N[C@@H](Cc1ccc(O)cc1)C(N)=O. The number of carbonyl (C=O) groups is 4. The van der Waals surface area contributed by atoms with Gasteiger partial charge in [-0.05, 0) is 35.4 Å². The monoisotopic (exact) mass is 504 g/mol. The van der Waals surface area contributed by atoms with E-state index in [1.165, 1.54) is 37.3 Å². The van der Waals surface area contributed by atoms with Crippen molar-refractivity contribution in [3.05, 3.63) is 53.6 Å². The molecule has 188 valence electrons. The van der Waals surface area contributed by atoms with Crippen molar-refractivity contribution in [2.24, 2.45) is 5.73 Å². The predicted molar refractivity (Wildman–Crippen MR) is 130 cm³/mol. The second kappa shape index (κ2) is 12.5. The van der Waals surface area contributed by atoms with Gasteiger partial charge in [-0.15, -0.1) is 0 Å². The van der Waals surface area contributed by atoms with Crippen LogP contribution in [-0.4, -0.2) is 62.8 Å². The number of hydrogen-bond donors (Lipinski definition) is 8. The first kappa shape index (κ1) is 27.3. The van der Waals surface area contributed by atoms with Crippen LogP contribution in [0, 0.1) is 0 Å². The fourth-order valence-electron chi connectivity index (χ4n) is 3.22. The molecule has 12 heteroatoms. The van der Waals surface area contributed by atoms with E-state index in [1.54, 1.807) is 12.1 Å². The van der Waals surface area contributed by atoms with Crippen LogP contribution < -0.4 is 21.7 Å². The quantitative estimate of drug-likeness (QED) is 0.149. The highest BCUT2D eigenvalue weighted by molar-refractivity contribution is 7.80. The first-order chi connectivity index (χ1) is 16.5. The molecule has 4 amide bonds. The molecule has 0 radical (unpaired) electrons. The molecular weight excluding hydrogens is 476 g/mol. The maximum Gasteiger partial charge on any atom is 0.244 e. The molecule has 0 aromatic heterocycles. The third kappa shape index (κ3) is 8.41. The number of nitrogens with two attached hydrogens (primary N) is 1. The van der Waals surface area contributed by atoms with E-state index >= 15 is 0 Å². The van der Waals surface area contributed by atoms with Gasteiger partial charge >= 0.3 is 0 Å². The van der Waals surface area contributed by atoms with Gasteiger partial charge in [0.15, 0.2) is 11.5 Å². The Morgan fingerprint density at radius 2 is 1.34 bits per heavy atom. The number of nitrogens with one attached hydrogen (secondary N) is 3. The fourth-order valence-corrected chi connectivity index (χ4v) is 3.47. The zero-order valence-electron chi connectivity index (χ0n) is 18.9. The lowest BCUT2D eigenvalue weighted by atomic mass is 10.0. The van der Waals surface area contributed by atoms with Crippen LogP contribution in [0.25, 0.3) is 0 Å². The summed E-state index contributed by atoms with van der Waals surface area (Å²) in [6.07, 6.45) is 0.0262. The average molecular weight is 505 g/mol. The third-order valence-corrected chi connectivity index (χ3v) is 5.39. The van der Waals surface area contributed by atoms with Gasteiger partial charge in [-0.1, -0.05) is 18.2 Å². The molecule has 0 aliphatic carbocycles. The smallest absolute Gasteiger partial charge is 0.244 e. The molecule has 0 unspecified atom stereocenters. The molecule has 0 heterocycles. The number of benzene rings is 2. The molecule has 0 aliphatic heterocycles. The number of thiol groups is 1. The molecule has 3 atom stereocenters. The van der Waals surface area contributed by atoms with E-state index in [0.717, 1.165) is 0 Å². The van der Waals surface area contributed by atoms with Gasteiger partial charge in [0.05, 0.1) is 0 Å². The van der Waals surface area contributed by atoms with E-state index in [-0.39, 0.29) is 35.8 Å². The summed E-state index contributed by atoms with van der Waals surface area (Å²) in [5.41, 5.74) is 6.51. The maximum absolute atomic E-state index is 12.9. The molecular formula is C23H28N4O7S. The average Bonchev–Trinajstić information content (AvgIpc) is 2.79. The number of phenols is 3. The van der Waals surface area contributed by atoms with Gasteiger partial charge in [0, 0.05) is 25.5 Å². The summed E-state index contributed by atoms with van der Waals surface area (Å²) in [5.74, 6) is -3.49. The van der Waals surface area contributed by atoms with Gasteiger partial charge in [0.25, 0.3) is 0 Å². The van der Waals surface area contributed by atoms with Crippen LogP contribution in [0.3, 0.4) is 0 Å². The van der Waals surface area contributed by atoms with Crippen molar-refractivity contribution in [2.45, 2.75) is 37.9 Å². The lowest BCUT2D eigenvalue weighted by molar-refractivity contribution is -0.132. The minimum Gasteiger partial charge on any atom is -0.508 e. The molecule has 0 saturated heterocycles. The van der Waals surface area contributed by atoms with Gasteiger partial charge in [-0.25, -0.2) is 0 Å². The lowest BCUT2D eigenvalue weighted by Crippen LogP contribution is -2.57. The van der Waals surface area contributed by atoms with Crippen molar-refractivity contribution >= 4 is 36.3 Å². The molecule has 35 heavy (non-hydrogen) atoms. The number of amides is 4. The molecule has 0 saturated carbocycles. The second-order valence-corrected chi connectivity index (χ2v) is 8.22. The molecule has 0 aliphatic rings. The van der Waals surface area contributed by atoms with Crippen molar-refractivity contribution in [1.29, 1.82) is 0 Å². The van der Waals surface area contributed by atoms with Crippen LogP contribution in [0.2, 0.25) is 0 Å². The Bertz CT molecular complexity index is 1080. The van der Waals surface area contributed by atoms with E-state index in [2.05, 4.69) is 28.6 Å². The zero-order valence-corrected chi connectivity index (χ0v) is 19.8. The van der Waals surface area contributed by atoms with Crippen LogP contribution in [0.4, 0.5) is 0 Å². The van der Waals surface area contributed by atoms with Gasteiger partial charge < -0.3 is 37.0 Å². The van der Waals surface area contributed by atoms with Crippen molar-refractivity contribution in [1.82, 2.24) is 16.0 Å². The summed E-state index contributed by atoms with van der Waals surface area (Å²) in [6, 6.07) is 6.65. The summed E-state index contributed by atoms with van der Waals surface area (Å²) in [4.78, 5) is 49.2. The topological polar surface area (TPSA) is 191 Å². The molecule has 0 fully saturated rings. The van der Waals surface area contributed by atoms with Crippen molar-refractivity contribution in [3.63, 3.8) is 0 Å². The Balaban J connectivity index is 2.10. The standard InChI is InChI=1S/C23H28N4O7S/c1-12(28)25-17(9-14-4-7-19(30)20(31)10-14)22(33)27-18(11-35)23(34)26-16(21(24)32)8-13-2-5-15(29)6-3-13/h2-7,10,16-18,29-31,35H,8-9,11H2,1H3,(H2,24,32)(H,25,28)(H,26,34)(H,27,33)/t16-,17-,18-/m0/s1. The van der Waals surface area contributed by atoms with E-state index in [0.29, 0.717) is 11.1 Å². The van der Waals surface area contributed by atoms with E-state index in [4.69, 9.17) is 5.73 Å². The summed E-state index contributed by atoms with van der Waals surface area (Å²) >= 11 is 4.11. The van der Waals surface area contributed by atoms with E-state index in [1.807, 2.05) is 0 Å². The highest BCUT2D eigenvalue weighted by Crippen LogP contribution is 2.25. The number of hydrogen-bond acceptors (Lipinski definition) is 8. The fraction of sp³-hybridized carbons (Fsp3) is 0.304. The molecule has 2 aromatic carbocycles. The molecule has 0 bridgehead atoms. The van der Waals surface area contributed by atoms with Crippen LogP contribution in [0.5, 0.6) is 17.2 Å². The summed E-state index contributed by atoms with van der Waals surface area (Å²) < 4.78 is 0. The summed E-state index contributed by atoms with van der Waals surface area (Å²) in [6.45, 7) is 1.22. The van der Waals surface area contributed by atoms with Crippen molar-refractivity contribution in [2.75, 3.05) is 5.75 Å². The first-order valence-corrected chi connectivity index (χ1v) is 11.2.